The summed E-state index contributed by atoms with van der Waals surface area (Å²) in [6.07, 6.45) is 1.71. The van der Waals surface area contributed by atoms with Gasteiger partial charge in [0, 0.05) is 6.26 Å². The third-order valence-corrected chi connectivity index (χ3v) is 1.28. The Morgan fingerprint density at radius 3 is 2.40 bits per heavy atom. The number of ether oxygens (including phenoxy) is 1. The fraction of sp³-hybridized carbons (Fsp3) is 1.00. The van der Waals surface area contributed by atoms with E-state index in [9.17, 15) is 4.21 Å². The minimum absolute atomic E-state index is 0.217. The Hall–Kier alpha value is 0.0700. The van der Waals surface area contributed by atoms with E-state index in [-0.39, 0.29) is 6.10 Å². The van der Waals surface area contributed by atoms with E-state index < -0.39 is 11.1 Å². The molecule has 0 aliphatic heterocycles. The van der Waals surface area contributed by atoms with Gasteiger partial charge in [-0.3, -0.25) is 4.18 Å². The van der Waals surface area contributed by atoms with E-state index in [4.69, 9.17) is 8.92 Å². The van der Waals surface area contributed by atoms with E-state index in [1.54, 1.807) is 0 Å². The summed E-state index contributed by atoms with van der Waals surface area (Å²) in [6.45, 7) is 4.81. The maximum atomic E-state index is 10.3. The van der Waals surface area contributed by atoms with Gasteiger partial charge in [-0.15, -0.1) is 0 Å². The zero-order valence-corrected chi connectivity index (χ0v) is 7.44. The molecule has 0 amide bonds. The van der Waals surface area contributed by atoms with Crippen LogP contribution in [0.2, 0.25) is 0 Å². The maximum Gasteiger partial charge on any atom is 0.152 e. The van der Waals surface area contributed by atoms with Crippen LogP contribution in [-0.2, 0) is 20.0 Å². The molecule has 0 radical (unpaired) electrons. The molecule has 0 aromatic carbocycles. The van der Waals surface area contributed by atoms with Gasteiger partial charge in [-0.25, -0.2) is 4.21 Å². The highest BCUT2D eigenvalue weighted by molar-refractivity contribution is 7.79. The second-order valence-corrected chi connectivity index (χ2v) is 3.18. The molecule has 0 aromatic rings. The van der Waals surface area contributed by atoms with Gasteiger partial charge in [-0.2, -0.15) is 0 Å². The first-order valence-corrected chi connectivity index (χ1v) is 4.69. The summed E-state index contributed by atoms with van der Waals surface area (Å²) in [7, 11) is 0. The predicted octanol–water partition coefficient (Wildman–Crippen LogP) is 0.722. The summed E-state index contributed by atoms with van der Waals surface area (Å²) in [5.74, 6) is 0. The third kappa shape index (κ3) is 8.07. The van der Waals surface area contributed by atoms with Crippen molar-refractivity contribution >= 4 is 11.1 Å². The first-order valence-electron chi connectivity index (χ1n) is 3.21. The van der Waals surface area contributed by atoms with E-state index in [1.165, 1.54) is 6.26 Å². The van der Waals surface area contributed by atoms with Crippen molar-refractivity contribution in [3.05, 3.63) is 0 Å². The first kappa shape index (κ1) is 10.1. The van der Waals surface area contributed by atoms with Gasteiger partial charge in [-0.1, -0.05) is 0 Å². The molecule has 1 unspecified atom stereocenters. The highest BCUT2D eigenvalue weighted by Gasteiger charge is 1.93. The fourth-order valence-corrected chi connectivity index (χ4v) is 0.738. The number of hydrogen-bond acceptors (Lipinski definition) is 3. The summed E-state index contributed by atoms with van der Waals surface area (Å²) in [5.41, 5.74) is 0. The average Bonchev–Trinajstić information content (AvgIpc) is 1.79. The van der Waals surface area contributed by atoms with Crippen LogP contribution in [-0.4, -0.2) is 29.8 Å². The molecule has 0 bridgehead atoms. The summed E-state index contributed by atoms with van der Waals surface area (Å²) >= 11 is -1.16. The van der Waals surface area contributed by atoms with E-state index in [0.29, 0.717) is 13.2 Å². The molecule has 10 heavy (non-hydrogen) atoms. The monoisotopic (exact) mass is 166 g/mol. The smallest absolute Gasteiger partial charge is 0.152 e. The SMILES string of the molecule is CC(C)OCCOS(C)=O. The zero-order chi connectivity index (χ0) is 7.98. The van der Waals surface area contributed by atoms with E-state index in [2.05, 4.69) is 0 Å². The molecule has 0 heterocycles. The van der Waals surface area contributed by atoms with E-state index in [0.717, 1.165) is 0 Å². The molecule has 62 valence electrons. The number of hydrogen-bond donors (Lipinski definition) is 0. The van der Waals surface area contributed by atoms with Gasteiger partial charge < -0.3 is 4.74 Å². The Labute approximate surface area is 64.4 Å². The average molecular weight is 166 g/mol. The molecule has 0 fully saturated rings. The molecule has 0 aliphatic rings. The molecular weight excluding hydrogens is 152 g/mol. The molecule has 0 aromatic heterocycles. The lowest BCUT2D eigenvalue weighted by atomic mass is 10.5. The van der Waals surface area contributed by atoms with Crippen molar-refractivity contribution in [2.75, 3.05) is 19.5 Å². The Morgan fingerprint density at radius 2 is 2.00 bits per heavy atom. The Balaban J connectivity index is 2.98. The summed E-state index contributed by atoms with van der Waals surface area (Å²) in [6, 6.07) is 0. The Kier molecular flexibility index (Phi) is 5.87. The molecule has 0 saturated carbocycles. The van der Waals surface area contributed by atoms with Crippen LogP contribution in [0.4, 0.5) is 0 Å². The highest BCUT2D eigenvalue weighted by Crippen LogP contribution is 1.87. The summed E-state index contributed by atoms with van der Waals surface area (Å²) in [4.78, 5) is 0. The largest absolute Gasteiger partial charge is 0.376 e. The summed E-state index contributed by atoms with van der Waals surface area (Å²) in [5, 5.41) is 0. The van der Waals surface area contributed by atoms with Crippen molar-refractivity contribution in [1.82, 2.24) is 0 Å². The van der Waals surface area contributed by atoms with Crippen molar-refractivity contribution in [3.8, 4) is 0 Å². The van der Waals surface area contributed by atoms with Crippen LogP contribution in [0.5, 0.6) is 0 Å². The fourth-order valence-electron chi connectivity index (χ4n) is 0.435. The molecule has 1 atom stereocenters. The lowest BCUT2D eigenvalue weighted by Gasteiger charge is -2.05. The van der Waals surface area contributed by atoms with E-state index in [1.807, 2.05) is 13.8 Å². The lowest BCUT2D eigenvalue weighted by molar-refractivity contribution is 0.0583. The number of rotatable bonds is 5. The van der Waals surface area contributed by atoms with Crippen molar-refractivity contribution in [3.63, 3.8) is 0 Å². The van der Waals surface area contributed by atoms with Crippen molar-refractivity contribution in [2.24, 2.45) is 0 Å². The second kappa shape index (κ2) is 5.82. The topological polar surface area (TPSA) is 35.5 Å². The minimum Gasteiger partial charge on any atom is -0.376 e. The van der Waals surface area contributed by atoms with Crippen LogP contribution in [0.1, 0.15) is 13.8 Å². The van der Waals surface area contributed by atoms with Crippen LogP contribution < -0.4 is 0 Å². The molecule has 0 spiro atoms. The van der Waals surface area contributed by atoms with Crippen LogP contribution in [0.3, 0.4) is 0 Å². The highest BCUT2D eigenvalue weighted by atomic mass is 32.2. The molecule has 0 saturated heterocycles. The van der Waals surface area contributed by atoms with E-state index >= 15 is 0 Å². The maximum absolute atomic E-state index is 10.3. The van der Waals surface area contributed by atoms with Gasteiger partial charge in [0.25, 0.3) is 0 Å². The standard InChI is InChI=1S/C6H14O3S/c1-6(2)8-4-5-9-10(3)7/h6H,4-5H2,1-3H3. The van der Waals surface area contributed by atoms with Gasteiger partial charge in [0.2, 0.25) is 0 Å². The van der Waals surface area contributed by atoms with Crippen LogP contribution >= 0.6 is 0 Å². The van der Waals surface area contributed by atoms with Crippen molar-refractivity contribution in [2.45, 2.75) is 20.0 Å². The summed E-state index contributed by atoms with van der Waals surface area (Å²) < 4.78 is 20.2. The van der Waals surface area contributed by atoms with Gasteiger partial charge in [0.15, 0.2) is 11.1 Å². The third-order valence-electron chi connectivity index (χ3n) is 0.784. The quantitative estimate of drug-likeness (QED) is 0.565. The Bertz CT molecular complexity index is 103. The molecule has 0 rings (SSSR count). The molecular formula is C6H14O3S. The van der Waals surface area contributed by atoms with Gasteiger partial charge in [0.05, 0.1) is 19.3 Å². The second-order valence-electron chi connectivity index (χ2n) is 2.14. The molecule has 4 heteroatoms. The zero-order valence-electron chi connectivity index (χ0n) is 6.62. The van der Waals surface area contributed by atoms with Gasteiger partial charge >= 0.3 is 0 Å². The van der Waals surface area contributed by atoms with Gasteiger partial charge in [0.1, 0.15) is 0 Å². The Morgan fingerprint density at radius 1 is 1.40 bits per heavy atom. The van der Waals surface area contributed by atoms with Crippen molar-refractivity contribution in [1.29, 1.82) is 0 Å². The molecule has 0 N–H and O–H groups in total. The van der Waals surface area contributed by atoms with Crippen LogP contribution in [0.15, 0.2) is 0 Å². The van der Waals surface area contributed by atoms with Crippen LogP contribution in [0, 0.1) is 0 Å². The van der Waals surface area contributed by atoms with Crippen molar-refractivity contribution < 1.29 is 13.1 Å². The molecule has 0 aliphatic carbocycles. The van der Waals surface area contributed by atoms with Crippen LogP contribution in [0.25, 0.3) is 0 Å². The molecule has 3 nitrogen and oxygen atoms in total. The minimum atomic E-state index is -1.16. The van der Waals surface area contributed by atoms with Gasteiger partial charge in [-0.05, 0) is 13.8 Å². The lowest BCUT2D eigenvalue weighted by Crippen LogP contribution is -2.09. The normalized spacial score (nSPS) is 14.0. The first-order chi connectivity index (χ1) is 4.63. The predicted molar refractivity (Wildman–Crippen MR) is 41.1 cm³/mol.